The van der Waals surface area contributed by atoms with Crippen LogP contribution in [-0.4, -0.2) is 10.1 Å². The van der Waals surface area contributed by atoms with Gasteiger partial charge in [0.1, 0.15) is 5.75 Å². The van der Waals surface area contributed by atoms with Crippen LogP contribution >= 0.6 is 0 Å². The molecule has 22 heavy (non-hydrogen) atoms. The molecular weight excluding hydrogens is 270 g/mol. The molecule has 1 unspecified atom stereocenters. The largest absolute Gasteiger partial charge is 0.506 e. The number of aromatic hydroxyl groups is 1. The van der Waals surface area contributed by atoms with Gasteiger partial charge >= 0.3 is 0 Å². The van der Waals surface area contributed by atoms with Crippen molar-refractivity contribution >= 4 is 10.9 Å². The summed E-state index contributed by atoms with van der Waals surface area (Å²) in [5.74, 6) is 0.464. The number of pyridine rings is 1. The Balaban J connectivity index is 2.02. The number of hydrogen-bond donors (Lipinski definition) is 1. The average Bonchev–Trinajstić information content (AvgIpc) is 2.51. The predicted octanol–water partition coefficient (Wildman–Crippen LogP) is 4.90. The highest BCUT2D eigenvalue weighted by Gasteiger charge is 2.15. The van der Waals surface area contributed by atoms with E-state index in [0.717, 1.165) is 23.0 Å². The molecule has 0 amide bonds. The highest BCUT2D eigenvalue weighted by molar-refractivity contribution is 5.84. The second-order valence-electron chi connectivity index (χ2n) is 6.06. The maximum atomic E-state index is 10.4. The first-order valence-corrected chi connectivity index (χ1v) is 7.70. The number of hydrogen-bond acceptors (Lipinski definition) is 2. The normalized spacial score (nSPS) is 12.5. The van der Waals surface area contributed by atoms with E-state index in [9.17, 15) is 5.11 Å². The molecule has 0 aliphatic heterocycles. The molecule has 112 valence electrons. The van der Waals surface area contributed by atoms with Crippen LogP contribution < -0.4 is 0 Å². The van der Waals surface area contributed by atoms with Gasteiger partial charge in [0.25, 0.3) is 0 Å². The monoisotopic (exact) mass is 291 g/mol. The summed E-state index contributed by atoms with van der Waals surface area (Å²) in [6.07, 6.45) is 0.873. The third-order valence-electron chi connectivity index (χ3n) is 4.37. The summed E-state index contributed by atoms with van der Waals surface area (Å²) in [6, 6.07) is 16.3. The minimum Gasteiger partial charge on any atom is -0.506 e. The van der Waals surface area contributed by atoms with Gasteiger partial charge < -0.3 is 5.11 Å². The molecule has 1 heterocycles. The van der Waals surface area contributed by atoms with Crippen LogP contribution in [0.15, 0.2) is 48.5 Å². The van der Waals surface area contributed by atoms with E-state index in [-0.39, 0.29) is 5.92 Å². The van der Waals surface area contributed by atoms with Crippen molar-refractivity contribution in [3.05, 3.63) is 70.9 Å². The van der Waals surface area contributed by atoms with Crippen LogP contribution in [0.2, 0.25) is 0 Å². The fraction of sp³-hybridized carbons (Fsp3) is 0.250. The standard InChI is InChI=1S/C20H21NO/c1-13-9-10-17-12-18(22)19(21-20(17)15(13)3)14(2)11-16-7-5-4-6-8-16/h4-10,12,14,22H,11H2,1-3H3. The molecule has 0 aliphatic carbocycles. The lowest BCUT2D eigenvalue weighted by atomic mass is 9.95. The number of benzene rings is 2. The average molecular weight is 291 g/mol. The molecule has 1 N–H and O–H groups in total. The molecule has 3 aromatic rings. The summed E-state index contributed by atoms with van der Waals surface area (Å²) in [5, 5.41) is 11.4. The molecule has 0 radical (unpaired) electrons. The third-order valence-corrected chi connectivity index (χ3v) is 4.37. The smallest absolute Gasteiger partial charge is 0.138 e. The van der Waals surface area contributed by atoms with Crippen molar-refractivity contribution in [1.82, 2.24) is 4.98 Å². The van der Waals surface area contributed by atoms with Crippen LogP contribution in [0.1, 0.15) is 35.2 Å². The van der Waals surface area contributed by atoms with Crippen LogP contribution in [0.25, 0.3) is 10.9 Å². The Bertz CT molecular complexity index is 809. The Hall–Kier alpha value is -2.35. The number of nitrogens with zero attached hydrogens (tertiary/aromatic N) is 1. The third kappa shape index (κ3) is 2.69. The van der Waals surface area contributed by atoms with E-state index >= 15 is 0 Å². The summed E-state index contributed by atoms with van der Waals surface area (Å²) in [4.78, 5) is 4.78. The molecule has 0 spiro atoms. The van der Waals surface area contributed by atoms with Gasteiger partial charge in [-0.3, -0.25) is 0 Å². The maximum Gasteiger partial charge on any atom is 0.138 e. The van der Waals surface area contributed by atoms with E-state index in [2.05, 4.69) is 39.0 Å². The molecule has 0 saturated carbocycles. The summed E-state index contributed by atoms with van der Waals surface area (Å²) < 4.78 is 0. The Kier molecular flexibility index (Phi) is 3.84. The molecule has 0 aliphatic rings. The lowest BCUT2D eigenvalue weighted by Gasteiger charge is -2.15. The Morgan fingerprint density at radius 3 is 2.50 bits per heavy atom. The molecule has 1 atom stereocenters. The van der Waals surface area contributed by atoms with Crippen LogP contribution in [0.4, 0.5) is 0 Å². The Morgan fingerprint density at radius 2 is 1.77 bits per heavy atom. The lowest BCUT2D eigenvalue weighted by Crippen LogP contribution is -2.03. The van der Waals surface area contributed by atoms with Crippen molar-refractivity contribution in [3.63, 3.8) is 0 Å². The summed E-state index contributed by atoms with van der Waals surface area (Å²) in [7, 11) is 0. The highest BCUT2D eigenvalue weighted by Crippen LogP contribution is 2.31. The predicted molar refractivity (Wildman–Crippen MR) is 91.4 cm³/mol. The molecule has 0 saturated heterocycles. The van der Waals surface area contributed by atoms with Gasteiger partial charge in [0.2, 0.25) is 0 Å². The fourth-order valence-electron chi connectivity index (χ4n) is 2.91. The molecular formula is C20H21NO. The van der Waals surface area contributed by atoms with Gasteiger partial charge in [0.15, 0.2) is 0 Å². The lowest BCUT2D eigenvalue weighted by molar-refractivity contribution is 0.459. The minimum atomic E-state index is 0.173. The molecule has 2 aromatic carbocycles. The summed E-state index contributed by atoms with van der Waals surface area (Å²) in [6.45, 7) is 6.30. The van der Waals surface area contributed by atoms with E-state index in [1.807, 2.05) is 30.3 Å². The fourth-order valence-corrected chi connectivity index (χ4v) is 2.91. The van der Waals surface area contributed by atoms with Gasteiger partial charge in [-0.25, -0.2) is 4.98 Å². The van der Waals surface area contributed by atoms with Crippen molar-refractivity contribution in [1.29, 1.82) is 0 Å². The van der Waals surface area contributed by atoms with Crippen LogP contribution in [0, 0.1) is 13.8 Å². The van der Waals surface area contributed by atoms with E-state index in [0.29, 0.717) is 5.75 Å². The highest BCUT2D eigenvalue weighted by atomic mass is 16.3. The molecule has 0 bridgehead atoms. The quantitative estimate of drug-likeness (QED) is 0.744. The SMILES string of the molecule is Cc1ccc2cc(O)c(C(C)Cc3ccccc3)nc2c1C. The van der Waals surface area contributed by atoms with E-state index in [1.165, 1.54) is 16.7 Å². The molecule has 1 aromatic heterocycles. The molecule has 0 fully saturated rings. The van der Waals surface area contributed by atoms with E-state index in [1.54, 1.807) is 0 Å². The summed E-state index contributed by atoms with van der Waals surface area (Å²) in [5.41, 5.74) is 5.45. The first kappa shape index (κ1) is 14.6. The van der Waals surface area contributed by atoms with Crippen molar-refractivity contribution < 1.29 is 5.11 Å². The minimum absolute atomic E-state index is 0.173. The first-order valence-electron chi connectivity index (χ1n) is 7.70. The number of aromatic nitrogens is 1. The Labute approximate surface area is 131 Å². The van der Waals surface area contributed by atoms with E-state index in [4.69, 9.17) is 4.98 Å². The molecule has 2 heteroatoms. The number of rotatable bonds is 3. The van der Waals surface area contributed by atoms with Gasteiger partial charge in [-0.05, 0) is 43.0 Å². The van der Waals surface area contributed by atoms with Crippen LogP contribution in [-0.2, 0) is 6.42 Å². The second-order valence-corrected chi connectivity index (χ2v) is 6.06. The Morgan fingerprint density at radius 1 is 1.05 bits per heavy atom. The van der Waals surface area contributed by atoms with Crippen molar-refractivity contribution in [3.8, 4) is 5.75 Å². The van der Waals surface area contributed by atoms with E-state index < -0.39 is 0 Å². The van der Waals surface area contributed by atoms with Crippen molar-refractivity contribution in [2.24, 2.45) is 0 Å². The zero-order valence-electron chi connectivity index (χ0n) is 13.3. The van der Waals surface area contributed by atoms with Gasteiger partial charge in [-0.2, -0.15) is 0 Å². The topological polar surface area (TPSA) is 33.1 Å². The number of aryl methyl sites for hydroxylation is 2. The van der Waals surface area contributed by atoms with Crippen LogP contribution in [0.3, 0.4) is 0 Å². The number of fused-ring (bicyclic) bond motifs is 1. The van der Waals surface area contributed by atoms with Crippen molar-refractivity contribution in [2.75, 3.05) is 0 Å². The van der Waals surface area contributed by atoms with Crippen LogP contribution in [0.5, 0.6) is 5.75 Å². The van der Waals surface area contributed by atoms with Crippen molar-refractivity contribution in [2.45, 2.75) is 33.1 Å². The maximum absolute atomic E-state index is 10.4. The zero-order valence-corrected chi connectivity index (χ0v) is 13.3. The first-order chi connectivity index (χ1) is 10.6. The second kappa shape index (κ2) is 5.80. The van der Waals surface area contributed by atoms with Gasteiger partial charge in [0, 0.05) is 11.3 Å². The van der Waals surface area contributed by atoms with Gasteiger partial charge in [0.05, 0.1) is 11.2 Å². The van der Waals surface area contributed by atoms with Gasteiger partial charge in [-0.1, -0.05) is 49.4 Å². The molecule has 2 nitrogen and oxygen atoms in total. The zero-order chi connectivity index (χ0) is 15.7. The summed E-state index contributed by atoms with van der Waals surface area (Å²) >= 11 is 0. The van der Waals surface area contributed by atoms with Gasteiger partial charge in [-0.15, -0.1) is 0 Å². The molecule has 3 rings (SSSR count).